The van der Waals surface area contributed by atoms with E-state index in [0.29, 0.717) is 12.5 Å². The molecule has 0 saturated heterocycles. The Kier molecular flexibility index (Phi) is 6.46. The van der Waals surface area contributed by atoms with Crippen molar-refractivity contribution in [3.8, 4) is 0 Å². The second kappa shape index (κ2) is 8.11. The molecule has 1 fully saturated rings. The maximum Gasteiger partial charge on any atom is 0.107 e. The van der Waals surface area contributed by atoms with Gasteiger partial charge in [-0.15, -0.1) is 0 Å². The molecule has 0 heterocycles. The van der Waals surface area contributed by atoms with Crippen molar-refractivity contribution in [3.63, 3.8) is 0 Å². The normalized spacial score (nSPS) is 30.0. The highest BCUT2D eigenvalue weighted by molar-refractivity contribution is 4.99. The van der Waals surface area contributed by atoms with Gasteiger partial charge in [0.15, 0.2) is 0 Å². The third-order valence-electron chi connectivity index (χ3n) is 4.49. The van der Waals surface area contributed by atoms with E-state index in [1.54, 1.807) is 0 Å². The Morgan fingerprint density at radius 1 is 1.24 bits per heavy atom. The number of ether oxygens (including phenoxy) is 2. The summed E-state index contributed by atoms with van der Waals surface area (Å²) in [6, 6.07) is 0. The van der Waals surface area contributed by atoms with E-state index in [-0.39, 0.29) is 17.8 Å². The van der Waals surface area contributed by atoms with Crippen LogP contribution < -0.4 is 0 Å². The number of hydrogen-bond donors (Lipinski definition) is 1. The van der Waals surface area contributed by atoms with Crippen LogP contribution in [0.25, 0.3) is 0 Å². The van der Waals surface area contributed by atoms with Crippen LogP contribution in [0.5, 0.6) is 0 Å². The molecule has 2 rings (SSSR count). The predicted molar refractivity (Wildman–Crippen MR) is 85.2 cm³/mol. The Morgan fingerprint density at radius 3 is 2.48 bits per heavy atom. The Morgan fingerprint density at radius 2 is 1.90 bits per heavy atom. The van der Waals surface area contributed by atoms with Gasteiger partial charge in [0, 0.05) is 0 Å². The van der Waals surface area contributed by atoms with Crippen molar-refractivity contribution in [1.29, 1.82) is 0 Å². The van der Waals surface area contributed by atoms with Gasteiger partial charge in [-0.25, -0.2) is 0 Å². The zero-order chi connectivity index (χ0) is 15.1. The van der Waals surface area contributed by atoms with Gasteiger partial charge in [0.1, 0.15) is 5.60 Å². The minimum absolute atomic E-state index is 0.164. The second-order valence-corrected chi connectivity index (χ2v) is 6.67. The van der Waals surface area contributed by atoms with Crippen LogP contribution in [0.3, 0.4) is 0 Å². The number of aliphatic hydroxyl groups is 1. The van der Waals surface area contributed by atoms with Gasteiger partial charge >= 0.3 is 0 Å². The quantitative estimate of drug-likeness (QED) is 0.729. The minimum Gasteiger partial charge on any atom is -0.393 e. The van der Waals surface area contributed by atoms with Gasteiger partial charge in [0.05, 0.1) is 25.4 Å². The molecule has 0 amide bonds. The fraction of sp³-hybridized carbons (Fsp3) is 0.778. The maximum atomic E-state index is 9.32. The van der Waals surface area contributed by atoms with Crippen LogP contribution in [-0.4, -0.2) is 36.1 Å². The molecule has 1 saturated carbocycles. The van der Waals surface area contributed by atoms with E-state index in [4.69, 9.17) is 9.47 Å². The third-order valence-corrected chi connectivity index (χ3v) is 4.49. The van der Waals surface area contributed by atoms with Crippen LogP contribution in [0.4, 0.5) is 0 Å². The standard InChI is InChI=1S/C18H30O3/c1-3-10-18(2,14-20-17-11-16(19)12-17)21-13-15-8-6-4-5-7-9-15/h3-5,10,15-17,19H,6-9,11-14H2,1-2H3. The first kappa shape index (κ1) is 16.7. The molecule has 1 unspecified atom stereocenters. The average molecular weight is 294 g/mol. The first-order valence-corrected chi connectivity index (χ1v) is 8.34. The average Bonchev–Trinajstić information content (AvgIpc) is 2.69. The zero-order valence-corrected chi connectivity index (χ0v) is 13.5. The van der Waals surface area contributed by atoms with Crippen molar-refractivity contribution in [2.45, 2.75) is 70.2 Å². The highest BCUT2D eigenvalue weighted by atomic mass is 16.5. The largest absolute Gasteiger partial charge is 0.393 e. The molecule has 0 aromatic carbocycles. The van der Waals surface area contributed by atoms with Gasteiger partial charge in [0.25, 0.3) is 0 Å². The summed E-state index contributed by atoms with van der Waals surface area (Å²) in [4.78, 5) is 0. The molecule has 1 atom stereocenters. The molecule has 1 N–H and O–H groups in total. The van der Waals surface area contributed by atoms with Gasteiger partial charge in [-0.2, -0.15) is 0 Å². The van der Waals surface area contributed by atoms with Gasteiger partial charge in [-0.3, -0.25) is 0 Å². The maximum absolute atomic E-state index is 9.32. The summed E-state index contributed by atoms with van der Waals surface area (Å²) in [6.07, 6.45) is 15.1. The molecular weight excluding hydrogens is 264 g/mol. The highest BCUT2D eigenvalue weighted by Gasteiger charge is 2.31. The van der Waals surface area contributed by atoms with Crippen molar-refractivity contribution in [2.75, 3.05) is 13.2 Å². The van der Waals surface area contributed by atoms with E-state index >= 15 is 0 Å². The number of rotatable bonds is 7. The van der Waals surface area contributed by atoms with Crippen LogP contribution >= 0.6 is 0 Å². The lowest BCUT2D eigenvalue weighted by atomic mass is 9.92. The molecule has 3 nitrogen and oxygen atoms in total. The van der Waals surface area contributed by atoms with E-state index in [0.717, 1.165) is 19.4 Å². The van der Waals surface area contributed by atoms with Gasteiger partial charge < -0.3 is 14.6 Å². The molecule has 0 spiro atoms. The molecule has 0 radical (unpaired) electrons. The first-order valence-electron chi connectivity index (χ1n) is 8.34. The molecule has 0 aromatic heterocycles. The Labute approximate surface area is 129 Å². The van der Waals surface area contributed by atoms with Crippen molar-refractivity contribution in [1.82, 2.24) is 0 Å². The molecule has 0 aromatic rings. The SMILES string of the molecule is CC=CC(C)(COC1CC(O)C1)OCC1CCC=CCC1. The van der Waals surface area contributed by atoms with E-state index in [1.165, 1.54) is 25.7 Å². The summed E-state index contributed by atoms with van der Waals surface area (Å²) < 4.78 is 12.1. The summed E-state index contributed by atoms with van der Waals surface area (Å²) in [7, 11) is 0. The molecule has 21 heavy (non-hydrogen) atoms. The fourth-order valence-corrected chi connectivity index (χ4v) is 2.97. The van der Waals surface area contributed by atoms with E-state index < -0.39 is 0 Å². The van der Waals surface area contributed by atoms with Gasteiger partial charge in [-0.1, -0.05) is 24.3 Å². The Balaban J connectivity index is 1.76. The number of hydrogen-bond acceptors (Lipinski definition) is 3. The number of allylic oxidation sites excluding steroid dienone is 3. The molecule has 2 aliphatic rings. The van der Waals surface area contributed by atoms with Crippen LogP contribution in [0, 0.1) is 5.92 Å². The third kappa shape index (κ3) is 5.57. The lowest BCUT2D eigenvalue weighted by Gasteiger charge is -2.35. The van der Waals surface area contributed by atoms with Crippen LogP contribution in [-0.2, 0) is 9.47 Å². The van der Waals surface area contributed by atoms with Crippen molar-refractivity contribution in [2.24, 2.45) is 5.92 Å². The van der Waals surface area contributed by atoms with Crippen molar-refractivity contribution >= 4 is 0 Å². The summed E-state index contributed by atoms with van der Waals surface area (Å²) in [6.45, 7) is 5.49. The molecule has 0 aliphatic heterocycles. The summed E-state index contributed by atoms with van der Waals surface area (Å²) in [5.41, 5.74) is -0.352. The molecule has 2 aliphatic carbocycles. The monoisotopic (exact) mass is 294 g/mol. The fourth-order valence-electron chi connectivity index (χ4n) is 2.97. The minimum atomic E-state index is -0.352. The molecule has 120 valence electrons. The summed E-state index contributed by atoms with van der Waals surface area (Å²) in [5.74, 6) is 0.648. The molecule has 0 bridgehead atoms. The van der Waals surface area contributed by atoms with E-state index in [1.807, 2.05) is 13.0 Å². The van der Waals surface area contributed by atoms with Gasteiger partial charge in [-0.05, 0) is 58.3 Å². The lowest BCUT2D eigenvalue weighted by molar-refractivity contribution is -0.126. The Hall–Kier alpha value is -0.640. The van der Waals surface area contributed by atoms with Crippen molar-refractivity contribution < 1.29 is 14.6 Å². The van der Waals surface area contributed by atoms with E-state index in [2.05, 4.69) is 25.2 Å². The summed E-state index contributed by atoms with van der Waals surface area (Å²) >= 11 is 0. The lowest BCUT2D eigenvalue weighted by Crippen LogP contribution is -2.41. The zero-order valence-electron chi connectivity index (χ0n) is 13.5. The Bertz CT molecular complexity index is 347. The second-order valence-electron chi connectivity index (χ2n) is 6.67. The summed E-state index contributed by atoms with van der Waals surface area (Å²) in [5, 5.41) is 9.32. The van der Waals surface area contributed by atoms with Crippen LogP contribution in [0.1, 0.15) is 52.4 Å². The van der Waals surface area contributed by atoms with Gasteiger partial charge in [0.2, 0.25) is 0 Å². The smallest absolute Gasteiger partial charge is 0.107 e. The van der Waals surface area contributed by atoms with Crippen LogP contribution in [0.2, 0.25) is 0 Å². The molecular formula is C18H30O3. The number of aliphatic hydroxyl groups excluding tert-OH is 1. The van der Waals surface area contributed by atoms with E-state index in [9.17, 15) is 5.11 Å². The molecule has 3 heteroatoms. The first-order chi connectivity index (χ1) is 10.1. The topological polar surface area (TPSA) is 38.7 Å². The highest BCUT2D eigenvalue weighted by Crippen LogP contribution is 2.26. The van der Waals surface area contributed by atoms with Crippen molar-refractivity contribution in [3.05, 3.63) is 24.3 Å². The predicted octanol–water partition coefficient (Wildman–Crippen LogP) is 3.62. The van der Waals surface area contributed by atoms with Crippen LogP contribution in [0.15, 0.2) is 24.3 Å².